The standard InChI is InChI=1S/C16H17N3O5S/c1-18(2)25(23,24)14-8-5-7-13(11-14)17-16(20)10-12-6-3-4-9-15(12)19(21)22/h3-9,11H,10H2,1-2H3,(H,17,20). The zero-order chi connectivity index (χ0) is 18.6. The molecule has 0 aliphatic rings. The first-order chi connectivity index (χ1) is 11.7. The summed E-state index contributed by atoms with van der Waals surface area (Å²) < 4.78 is 25.3. The fraction of sp³-hybridized carbons (Fsp3) is 0.188. The topological polar surface area (TPSA) is 110 Å². The lowest BCUT2D eigenvalue weighted by Crippen LogP contribution is -2.22. The highest BCUT2D eigenvalue weighted by molar-refractivity contribution is 7.89. The van der Waals surface area contributed by atoms with Gasteiger partial charge in [-0.15, -0.1) is 0 Å². The molecular formula is C16H17N3O5S. The smallest absolute Gasteiger partial charge is 0.273 e. The quantitative estimate of drug-likeness (QED) is 0.624. The van der Waals surface area contributed by atoms with Crippen LogP contribution in [0.5, 0.6) is 0 Å². The summed E-state index contributed by atoms with van der Waals surface area (Å²) in [6.45, 7) is 0. The minimum atomic E-state index is -3.62. The Morgan fingerprint density at radius 1 is 1.16 bits per heavy atom. The molecule has 0 saturated carbocycles. The van der Waals surface area contributed by atoms with Crippen molar-refractivity contribution in [1.29, 1.82) is 0 Å². The summed E-state index contributed by atoms with van der Waals surface area (Å²) in [5.74, 6) is -0.478. The fourth-order valence-electron chi connectivity index (χ4n) is 2.16. The third-order valence-corrected chi connectivity index (χ3v) is 5.25. The fourth-order valence-corrected chi connectivity index (χ4v) is 3.11. The Bertz CT molecular complexity index is 909. The molecule has 9 heteroatoms. The molecule has 132 valence electrons. The van der Waals surface area contributed by atoms with Crippen LogP contribution in [0.25, 0.3) is 0 Å². The van der Waals surface area contributed by atoms with Crippen LogP contribution >= 0.6 is 0 Å². The summed E-state index contributed by atoms with van der Waals surface area (Å²) in [5, 5.41) is 13.5. The van der Waals surface area contributed by atoms with Crippen LogP contribution < -0.4 is 5.32 Å². The monoisotopic (exact) mass is 363 g/mol. The number of nitrogens with one attached hydrogen (secondary N) is 1. The van der Waals surface area contributed by atoms with Gasteiger partial charge in [-0.25, -0.2) is 12.7 Å². The van der Waals surface area contributed by atoms with Gasteiger partial charge in [-0.3, -0.25) is 14.9 Å². The lowest BCUT2D eigenvalue weighted by molar-refractivity contribution is -0.385. The lowest BCUT2D eigenvalue weighted by Gasteiger charge is -2.12. The number of carbonyl (C=O) groups is 1. The highest BCUT2D eigenvalue weighted by Gasteiger charge is 2.19. The number of anilines is 1. The van der Waals surface area contributed by atoms with E-state index in [2.05, 4.69) is 5.32 Å². The Balaban J connectivity index is 2.19. The van der Waals surface area contributed by atoms with E-state index in [1.807, 2.05) is 0 Å². The average Bonchev–Trinajstić information content (AvgIpc) is 2.55. The van der Waals surface area contributed by atoms with Crippen LogP contribution in [-0.2, 0) is 21.2 Å². The molecule has 0 spiro atoms. The van der Waals surface area contributed by atoms with E-state index in [0.717, 1.165) is 4.31 Å². The molecule has 2 aromatic rings. The van der Waals surface area contributed by atoms with Crippen molar-refractivity contribution in [3.63, 3.8) is 0 Å². The molecule has 0 bridgehead atoms. The van der Waals surface area contributed by atoms with E-state index in [-0.39, 0.29) is 22.6 Å². The third-order valence-electron chi connectivity index (χ3n) is 3.44. The summed E-state index contributed by atoms with van der Waals surface area (Å²) >= 11 is 0. The van der Waals surface area contributed by atoms with E-state index < -0.39 is 20.9 Å². The summed E-state index contributed by atoms with van der Waals surface area (Å²) in [6.07, 6.45) is -0.193. The van der Waals surface area contributed by atoms with Crippen LogP contribution in [0.2, 0.25) is 0 Å². The molecule has 2 rings (SSSR count). The van der Waals surface area contributed by atoms with Gasteiger partial charge in [0.2, 0.25) is 15.9 Å². The van der Waals surface area contributed by atoms with Gasteiger partial charge in [0.05, 0.1) is 16.2 Å². The lowest BCUT2D eigenvalue weighted by atomic mass is 10.1. The first-order valence-electron chi connectivity index (χ1n) is 7.26. The van der Waals surface area contributed by atoms with Gasteiger partial charge >= 0.3 is 0 Å². The molecule has 0 heterocycles. The van der Waals surface area contributed by atoms with Crippen LogP contribution in [0.15, 0.2) is 53.4 Å². The van der Waals surface area contributed by atoms with Crippen LogP contribution in [0, 0.1) is 10.1 Å². The number of nitrogens with zero attached hydrogens (tertiary/aromatic N) is 2. The van der Waals surface area contributed by atoms with E-state index >= 15 is 0 Å². The summed E-state index contributed by atoms with van der Waals surface area (Å²) in [7, 11) is -0.796. The number of rotatable bonds is 6. The maximum Gasteiger partial charge on any atom is 0.273 e. The van der Waals surface area contributed by atoms with Gasteiger partial charge in [-0.05, 0) is 18.2 Å². The first-order valence-corrected chi connectivity index (χ1v) is 8.70. The van der Waals surface area contributed by atoms with E-state index in [9.17, 15) is 23.3 Å². The molecule has 0 radical (unpaired) electrons. The number of hydrogen-bond donors (Lipinski definition) is 1. The second-order valence-electron chi connectivity index (χ2n) is 5.43. The Hall–Kier alpha value is -2.78. The predicted octanol–water partition coefficient (Wildman–Crippen LogP) is 2.03. The number of nitro benzene ring substituents is 1. The average molecular weight is 363 g/mol. The van der Waals surface area contributed by atoms with Crippen LogP contribution in [0.4, 0.5) is 11.4 Å². The highest BCUT2D eigenvalue weighted by atomic mass is 32.2. The summed E-state index contributed by atoms with van der Waals surface area (Å²) in [6, 6.07) is 11.8. The van der Waals surface area contributed by atoms with Crippen molar-refractivity contribution < 1.29 is 18.1 Å². The second-order valence-corrected chi connectivity index (χ2v) is 7.58. The van der Waals surface area contributed by atoms with Gasteiger partial charge in [0.25, 0.3) is 5.69 Å². The third kappa shape index (κ3) is 4.40. The SMILES string of the molecule is CN(C)S(=O)(=O)c1cccc(NC(=O)Cc2ccccc2[N+](=O)[O-])c1. The zero-order valence-electron chi connectivity index (χ0n) is 13.7. The zero-order valence-corrected chi connectivity index (χ0v) is 14.5. The number of nitro groups is 1. The second kappa shape index (κ2) is 7.41. The summed E-state index contributed by atoms with van der Waals surface area (Å²) in [4.78, 5) is 22.6. The van der Waals surface area contributed by atoms with Crippen molar-refractivity contribution in [2.24, 2.45) is 0 Å². The molecule has 1 amide bonds. The van der Waals surface area contributed by atoms with Crippen LogP contribution in [-0.4, -0.2) is 37.6 Å². The minimum absolute atomic E-state index is 0.0426. The Labute approximate surface area is 145 Å². The molecule has 0 fully saturated rings. The Morgan fingerprint density at radius 2 is 1.84 bits per heavy atom. The van der Waals surface area contributed by atoms with Crippen molar-refractivity contribution in [2.75, 3.05) is 19.4 Å². The first kappa shape index (κ1) is 18.6. The van der Waals surface area contributed by atoms with Gasteiger partial charge in [-0.1, -0.05) is 24.3 Å². The largest absolute Gasteiger partial charge is 0.326 e. The van der Waals surface area contributed by atoms with Crippen molar-refractivity contribution in [1.82, 2.24) is 4.31 Å². The molecular weight excluding hydrogens is 346 g/mol. The molecule has 0 saturated heterocycles. The van der Waals surface area contributed by atoms with Crippen molar-refractivity contribution in [2.45, 2.75) is 11.3 Å². The molecule has 0 aromatic heterocycles. The van der Waals surface area contributed by atoms with Crippen LogP contribution in [0.3, 0.4) is 0 Å². The molecule has 25 heavy (non-hydrogen) atoms. The van der Waals surface area contributed by atoms with E-state index in [4.69, 9.17) is 0 Å². The van der Waals surface area contributed by atoms with Crippen molar-refractivity contribution >= 4 is 27.3 Å². The maximum absolute atomic E-state index is 12.2. The number of carbonyl (C=O) groups excluding carboxylic acids is 1. The van der Waals surface area contributed by atoms with Crippen LogP contribution in [0.1, 0.15) is 5.56 Å². The number of benzene rings is 2. The molecule has 0 aliphatic heterocycles. The number of hydrogen-bond acceptors (Lipinski definition) is 5. The Morgan fingerprint density at radius 3 is 2.48 bits per heavy atom. The maximum atomic E-state index is 12.2. The molecule has 8 nitrogen and oxygen atoms in total. The molecule has 0 atom stereocenters. The van der Waals surface area contributed by atoms with E-state index in [0.29, 0.717) is 5.69 Å². The molecule has 0 aliphatic carbocycles. The predicted molar refractivity (Wildman–Crippen MR) is 92.7 cm³/mol. The van der Waals surface area contributed by atoms with Crippen molar-refractivity contribution in [3.8, 4) is 0 Å². The number of para-hydroxylation sites is 1. The van der Waals surface area contributed by atoms with Gasteiger partial charge in [-0.2, -0.15) is 0 Å². The van der Waals surface area contributed by atoms with Gasteiger partial charge in [0.15, 0.2) is 0 Å². The number of sulfonamides is 1. The highest BCUT2D eigenvalue weighted by Crippen LogP contribution is 2.20. The van der Waals surface area contributed by atoms with Crippen molar-refractivity contribution in [3.05, 3.63) is 64.2 Å². The molecule has 2 aromatic carbocycles. The van der Waals surface area contributed by atoms with E-state index in [1.165, 1.54) is 50.5 Å². The van der Waals surface area contributed by atoms with Gasteiger partial charge < -0.3 is 5.32 Å². The van der Waals surface area contributed by atoms with E-state index in [1.54, 1.807) is 12.1 Å². The summed E-state index contributed by atoms with van der Waals surface area (Å²) in [5.41, 5.74) is 0.440. The Kier molecular flexibility index (Phi) is 5.50. The molecule has 0 unspecified atom stereocenters. The minimum Gasteiger partial charge on any atom is -0.326 e. The molecule has 1 N–H and O–H groups in total. The normalized spacial score (nSPS) is 11.3. The van der Waals surface area contributed by atoms with Gasteiger partial charge in [0.1, 0.15) is 0 Å². The number of amides is 1. The van der Waals surface area contributed by atoms with Gasteiger partial charge in [0, 0.05) is 31.4 Å².